The zero-order valence-electron chi connectivity index (χ0n) is 8.61. The van der Waals surface area contributed by atoms with Gasteiger partial charge in [-0.1, -0.05) is 0 Å². The van der Waals surface area contributed by atoms with Gasteiger partial charge in [0, 0.05) is 6.92 Å². The van der Waals surface area contributed by atoms with Gasteiger partial charge < -0.3 is 14.6 Å². The monoisotopic (exact) mass is 201 g/mol. The second-order valence-corrected chi connectivity index (χ2v) is 2.30. The SMILES string of the molecule is CCOC(=O)C(=CO)N=C(C)OCC. The summed E-state index contributed by atoms with van der Waals surface area (Å²) in [7, 11) is 0. The van der Waals surface area contributed by atoms with E-state index >= 15 is 0 Å². The molecule has 0 aromatic heterocycles. The highest BCUT2D eigenvalue weighted by atomic mass is 16.5. The van der Waals surface area contributed by atoms with Crippen molar-refractivity contribution in [1.29, 1.82) is 0 Å². The van der Waals surface area contributed by atoms with Gasteiger partial charge in [-0.05, 0) is 13.8 Å². The van der Waals surface area contributed by atoms with Crippen LogP contribution in [0.2, 0.25) is 0 Å². The van der Waals surface area contributed by atoms with E-state index < -0.39 is 5.97 Å². The Hall–Kier alpha value is -1.52. The van der Waals surface area contributed by atoms with Crippen LogP contribution in [0.4, 0.5) is 0 Å². The largest absolute Gasteiger partial charge is 0.513 e. The van der Waals surface area contributed by atoms with Crippen molar-refractivity contribution in [2.24, 2.45) is 4.99 Å². The lowest BCUT2D eigenvalue weighted by Crippen LogP contribution is -2.09. The molecule has 0 aliphatic rings. The Morgan fingerprint density at radius 2 is 1.93 bits per heavy atom. The minimum absolute atomic E-state index is 0.169. The number of ether oxygens (including phenoxy) is 2. The molecule has 0 atom stereocenters. The Morgan fingerprint density at radius 3 is 2.36 bits per heavy atom. The quantitative estimate of drug-likeness (QED) is 0.245. The molecular formula is C9H15NO4. The van der Waals surface area contributed by atoms with Gasteiger partial charge in [0.2, 0.25) is 0 Å². The number of aliphatic imine (C=N–C) groups is 1. The fourth-order valence-corrected chi connectivity index (χ4v) is 0.743. The summed E-state index contributed by atoms with van der Waals surface area (Å²) >= 11 is 0. The smallest absolute Gasteiger partial charge is 0.360 e. The average molecular weight is 201 g/mol. The Labute approximate surface area is 83.0 Å². The van der Waals surface area contributed by atoms with Gasteiger partial charge in [0.05, 0.1) is 13.2 Å². The fourth-order valence-electron chi connectivity index (χ4n) is 0.743. The Bertz CT molecular complexity index is 245. The minimum atomic E-state index is -0.672. The first-order valence-electron chi connectivity index (χ1n) is 4.35. The maximum atomic E-state index is 11.1. The highest BCUT2D eigenvalue weighted by Gasteiger charge is 2.09. The van der Waals surface area contributed by atoms with Crippen LogP contribution in [0.15, 0.2) is 17.0 Å². The molecule has 0 rings (SSSR count). The van der Waals surface area contributed by atoms with Crippen molar-refractivity contribution in [3.8, 4) is 0 Å². The summed E-state index contributed by atoms with van der Waals surface area (Å²) < 4.78 is 9.64. The van der Waals surface area contributed by atoms with Crippen molar-refractivity contribution in [1.82, 2.24) is 0 Å². The number of nitrogens with zero attached hydrogens (tertiary/aromatic N) is 1. The summed E-state index contributed by atoms with van der Waals surface area (Å²) in [4.78, 5) is 14.8. The lowest BCUT2D eigenvalue weighted by Gasteiger charge is -2.03. The van der Waals surface area contributed by atoms with Gasteiger partial charge in [0.25, 0.3) is 0 Å². The lowest BCUT2D eigenvalue weighted by molar-refractivity contribution is -0.138. The molecule has 5 heteroatoms. The van der Waals surface area contributed by atoms with Crippen LogP contribution in [-0.4, -0.2) is 30.2 Å². The summed E-state index contributed by atoms with van der Waals surface area (Å²) in [6, 6.07) is 0. The molecule has 0 radical (unpaired) electrons. The molecule has 0 aliphatic carbocycles. The van der Waals surface area contributed by atoms with Gasteiger partial charge in [0.1, 0.15) is 6.26 Å². The molecule has 0 bridgehead atoms. The maximum absolute atomic E-state index is 11.1. The number of esters is 1. The Balaban J connectivity index is 4.44. The van der Waals surface area contributed by atoms with Crippen LogP contribution in [0.3, 0.4) is 0 Å². The number of aliphatic hydroxyl groups excluding tert-OH is 1. The van der Waals surface area contributed by atoms with Crippen LogP contribution in [0.5, 0.6) is 0 Å². The third kappa shape index (κ3) is 4.49. The van der Waals surface area contributed by atoms with E-state index in [4.69, 9.17) is 9.84 Å². The topological polar surface area (TPSA) is 68.1 Å². The maximum Gasteiger partial charge on any atom is 0.360 e. The first-order valence-corrected chi connectivity index (χ1v) is 4.35. The van der Waals surface area contributed by atoms with E-state index in [-0.39, 0.29) is 12.3 Å². The molecule has 0 saturated heterocycles. The van der Waals surface area contributed by atoms with E-state index in [2.05, 4.69) is 9.73 Å². The van der Waals surface area contributed by atoms with Crippen LogP contribution in [0.25, 0.3) is 0 Å². The number of rotatable bonds is 4. The van der Waals surface area contributed by atoms with E-state index in [1.165, 1.54) is 0 Å². The number of carbonyl (C=O) groups excluding carboxylic acids is 1. The molecule has 0 saturated carbocycles. The summed E-state index contributed by atoms with van der Waals surface area (Å²) in [5.41, 5.74) is -0.169. The minimum Gasteiger partial charge on any atom is -0.513 e. The predicted molar refractivity (Wildman–Crippen MR) is 52.1 cm³/mol. The molecule has 0 fully saturated rings. The summed E-state index contributed by atoms with van der Waals surface area (Å²) in [5.74, 6) is -0.366. The molecule has 0 aromatic carbocycles. The van der Waals surface area contributed by atoms with Gasteiger partial charge in [-0.3, -0.25) is 0 Å². The van der Waals surface area contributed by atoms with Crippen molar-refractivity contribution in [2.45, 2.75) is 20.8 Å². The van der Waals surface area contributed by atoms with E-state index in [0.717, 1.165) is 0 Å². The third-order valence-electron chi connectivity index (χ3n) is 1.24. The van der Waals surface area contributed by atoms with Crippen LogP contribution < -0.4 is 0 Å². The number of carbonyl (C=O) groups is 1. The zero-order valence-corrected chi connectivity index (χ0v) is 8.61. The second kappa shape index (κ2) is 6.94. The van der Waals surface area contributed by atoms with Crippen molar-refractivity contribution in [2.75, 3.05) is 13.2 Å². The first kappa shape index (κ1) is 12.5. The first-order chi connectivity index (χ1) is 6.65. The van der Waals surface area contributed by atoms with Gasteiger partial charge in [-0.25, -0.2) is 9.79 Å². The lowest BCUT2D eigenvalue weighted by atomic mass is 10.5. The molecule has 0 aromatic rings. The number of hydrogen-bond acceptors (Lipinski definition) is 5. The van der Waals surface area contributed by atoms with Crippen molar-refractivity contribution in [3.05, 3.63) is 12.0 Å². The second-order valence-electron chi connectivity index (χ2n) is 2.30. The molecule has 0 amide bonds. The van der Waals surface area contributed by atoms with Gasteiger partial charge in [-0.15, -0.1) is 0 Å². The molecule has 1 N–H and O–H groups in total. The highest BCUT2D eigenvalue weighted by Crippen LogP contribution is 2.00. The Morgan fingerprint density at radius 1 is 1.36 bits per heavy atom. The van der Waals surface area contributed by atoms with Crippen LogP contribution >= 0.6 is 0 Å². The molecule has 14 heavy (non-hydrogen) atoms. The summed E-state index contributed by atoms with van der Waals surface area (Å²) in [6.45, 7) is 5.75. The van der Waals surface area contributed by atoms with Gasteiger partial charge in [-0.2, -0.15) is 0 Å². The third-order valence-corrected chi connectivity index (χ3v) is 1.24. The number of hydrogen-bond donors (Lipinski definition) is 1. The molecule has 0 aliphatic heterocycles. The Kier molecular flexibility index (Phi) is 6.19. The predicted octanol–water partition coefficient (Wildman–Crippen LogP) is 1.40. The van der Waals surface area contributed by atoms with E-state index in [0.29, 0.717) is 18.8 Å². The normalized spacial score (nSPS) is 12.5. The average Bonchev–Trinajstić information content (AvgIpc) is 2.15. The molecular weight excluding hydrogens is 186 g/mol. The van der Waals surface area contributed by atoms with Crippen LogP contribution in [0, 0.1) is 0 Å². The van der Waals surface area contributed by atoms with Crippen molar-refractivity contribution in [3.63, 3.8) is 0 Å². The fraction of sp³-hybridized carbons (Fsp3) is 0.556. The summed E-state index contributed by atoms with van der Waals surface area (Å²) in [5, 5.41) is 8.71. The van der Waals surface area contributed by atoms with Crippen molar-refractivity contribution < 1.29 is 19.4 Å². The van der Waals surface area contributed by atoms with E-state index in [1.54, 1.807) is 20.8 Å². The standard InChI is InChI=1S/C9H15NO4/c1-4-13-7(3)10-8(6-11)9(12)14-5-2/h6,11H,4-5H2,1-3H3. The van der Waals surface area contributed by atoms with E-state index in [9.17, 15) is 4.79 Å². The molecule has 5 nitrogen and oxygen atoms in total. The summed E-state index contributed by atoms with van der Waals surface area (Å²) in [6.07, 6.45) is 0.598. The molecule has 0 unspecified atom stereocenters. The van der Waals surface area contributed by atoms with Crippen LogP contribution in [-0.2, 0) is 14.3 Å². The van der Waals surface area contributed by atoms with Gasteiger partial charge >= 0.3 is 5.97 Å². The molecule has 0 heterocycles. The molecule has 0 spiro atoms. The number of aliphatic hydroxyl groups is 1. The van der Waals surface area contributed by atoms with Gasteiger partial charge in [0.15, 0.2) is 11.6 Å². The van der Waals surface area contributed by atoms with Crippen LogP contribution in [0.1, 0.15) is 20.8 Å². The zero-order chi connectivity index (χ0) is 11.0. The molecule has 80 valence electrons. The highest BCUT2D eigenvalue weighted by molar-refractivity contribution is 5.91. The van der Waals surface area contributed by atoms with E-state index in [1.807, 2.05) is 0 Å². The van der Waals surface area contributed by atoms with Crippen molar-refractivity contribution >= 4 is 11.9 Å².